The summed E-state index contributed by atoms with van der Waals surface area (Å²) >= 11 is 0. The Morgan fingerprint density at radius 2 is 0.947 bits per heavy atom. The van der Waals surface area contributed by atoms with E-state index in [0.717, 1.165) is 84.1 Å². The Kier molecular flexibility index (Phi) is 7.15. The second-order valence-corrected chi connectivity index (χ2v) is 16.2. The zero-order chi connectivity index (χ0) is 37.5. The van der Waals surface area contributed by atoms with E-state index in [1.807, 2.05) is 30.3 Å². The highest BCUT2D eigenvalue weighted by Crippen LogP contribution is 2.77. The lowest BCUT2D eigenvalue weighted by Gasteiger charge is -2.76. The molecule has 0 radical (unpaired) electrons. The lowest BCUT2D eigenvalue weighted by molar-refractivity contribution is -0.219. The van der Waals surface area contributed by atoms with Crippen molar-refractivity contribution >= 4 is 21.5 Å². The van der Waals surface area contributed by atoms with Gasteiger partial charge in [-0.3, -0.25) is 0 Å². The summed E-state index contributed by atoms with van der Waals surface area (Å²) in [7, 11) is 0. The minimum atomic E-state index is 0.394. The first-order valence-corrected chi connectivity index (χ1v) is 20.1. The molecule has 0 amide bonds. The van der Waals surface area contributed by atoms with Crippen molar-refractivity contribution in [2.45, 2.75) is 24.7 Å². The summed E-state index contributed by atoms with van der Waals surface area (Å²) in [6.07, 6.45) is 4.15. The van der Waals surface area contributed by atoms with Gasteiger partial charge in [-0.05, 0) is 87.7 Å². The van der Waals surface area contributed by atoms with Crippen LogP contribution in [0.2, 0.25) is 0 Å². The highest BCUT2D eigenvalue weighted by molar-refractivity contribution is 5.98. The van der Waals surface area contributed by atoms with Crippen LogP contribution in [-0.2, 0) is 5.41 Å². The van der Waals surface area contributed by atoms with Gasteiger partial charge in [0.1, 0.15) is 0 Å². The Labute approximate surface area is 331 Å². The zero-order valence-corrected chi connectivity index (χ0v) is 31.3. The third-order valence-electron chi connectivity index (χ3n) is 13.1. The van der Waals surface area contributed by atoms with E-state index in [0.29, 0.717) is 28.7 Å². The van der Waals surface area contributed by atoms with Crippen molar-refractivity contribution in [3.05, 3.63) is 175 Å². The molecule has 0 aliphatic heterocycles. The van der Waals surface area contributed by atoms with Gasteiger partial charge in [0.05, 0.1) is 11.4 Å². The van der Waals surface area contributed by atoms with Crippen LogP contribution in [0.25, 0.3) is 89.6 Å². The molecule has 57 heavy (non-hydrogen) atoms. The van der Waals surface area contributed by atoms with Crippen molar-refractivity contribution in [3.8, 4) is 68.1 Å². The van der Waals surface area contributed by atoms with Crippen LogP contribution in [0.15, 0.2) is 170 Å². The Morgan fingerprint density at radius 3 is 1.68 bits per heavy atom. The van der Waals surface area contributed by atoms with E-state index in [1.165, 1.54) is 24.8 Å². The Balaban J connectivity index is 0.979. The second-order valence-electron chi connectivity index (χ2n) is 16.2. The van der Waals surface area contributed by atoms with Gasteiger partial charge in [0.15, 0.2) is 23.3 Å². The molecule has 2 atom stereocenters. The van der Waals surface area contributed by atoms with Gasteiger partial charge < -0.3 is 0 Å². The van der Waals surface area contributed by atoms with Gasteiger partial charge in [-0.15, -0.1) is 0 Å². The predicted octanol–water partition coefficient (Wildman–Crippen LogP) is 12.3. The fourth-order valence-electron chi connectivity index (χ4n) is 10.4. The summed E-state index contributed by atoms with van der Waals surface area (Å²) in [4.78, 5) is 25.8. The van der Waals surface area contributed by atoms with Crippen LogP contribution < -0.4 is 0 Å². The average molecular weight is 732 g/mol. The number of hydrogen-bond acceptors (Lipinski definition) is 5. The topological polar surface area (TPSA) is 64.5 Å². The highest BCUT2D eigenvalue weighted by Gasteiger charge is 2.71. The first kappa shape index (κ1) is 32.4. The van der Waals surface area contributed by atoms with Crippen molar-refractivity contribution < 1.29 is 0 Å². The van der Waals surface area contributed by atoms with Crippen LogP contribution in [0.4, 0.5) is 0 Å². The number of nitrogens with zero attached hydrogens (tertiary/aromatic N) is 5. The van der Waals surface area contributed by atoms with E-state index in [1.54, 1.807) is 0 Å². The normalized spacial score (nSPS) is 20.3. The van der Waals surface area contributed by atoms with E-state index in [2.05, 4.69) is 140 Å². The molecule has 0 N–H and O–H groups in total. The molecule has 3 saturated carbocycles. The minimum Gasteiger partial charge on any atom is -0.228 e. The van der Waals surface area contributed by atoms with Gasteiger partial charge in [0.25, 0.3) is 0 Å². The van der Waals surface area contributed by atoms with Gasteiger partial charge in [0.2, 0.25) is 0 Å². The molecular formula is C52H37N5. The SMILES string of the molecule is c1ccc(-c2cc(-c3cccc(C45CC6CC(C4)C65)c3)nc(-c3cccc4cc(-c5nc(-c6ccccc6)nc(-c6cccc7ccccc67)n5)ccc34)n2)cc1. The average Bonchev–Trinajstić information content (AvgIpc) is 3.28. The van der Waals surface area contributed by atoms with E-state index in [4.69, 9.17) is 24.9 Å². The van der Waals surface area contributed by atoms with E-state index < -0.39 is 0 Å². The molecule has 3 aliphatic rings. The van der Waals surface area contributed by atoms with E-state index in [9.17, 15) is 0 Å². The first-order chi connectivity index (χ1) is 28.2. The number of rotatable bonds is 7. The largest absolute Gasteiger partial charge is 0.228 e. The van der Waals surface area contributed by atoms with Crippen molar-refractivity contribution in [1.29, 1.82) is 0 Å². The smallest absolute Gasteiger partial charge is 0.164 e. The lowest BCUT2D eigenvalue weighted by Crippen LogP contribution is -2.71. The number of fused-ring (bicyclic) bond motifs is 2. The van der Waals surface area contributed by atoms with Crippen molar-refractivity contribution in [1.82, 2.24) is 24.9 Å². The molecule has 3 fully saturated rings. The summed E-state index contributed by atoms with van der Waals surface area (Å²) in [5.41, 5.74) is 9.81. The zero-order valence-electron chi connectivity index (χ0n) is 31.3. The van der Waals surface area contributed by atoms with Crippen LogP contribution in [0.5, 0.6) is 0 Å². The molecule has 2 aromatic heterocycles. The first-order valence-electron chi connectivity index (χ1n) is 20.1. The van der Waals surface area contributed by atoms with Gasteiger partial charge in [-0.1, -0.05) is 152 Å². The number of benzene rings is 7. The maximum absolute atomic E-state index is 5.33. The fourth-order valence-corrected chi connectivity index (χ4v) is 10.4. The predicted molar refractivity (Wildman–Crippen MR) is 229 cm³/mol. The molecule has 0 saturated heterocycles. The van der Waals surface area contributed by atoms with Gasteiger partial charge in [-0.2, -0.15) is 0 Å². The van der Waals surface area contributed by atoms with Crippen LogP contribution in [0.3, 0.4) is 0 Å². The molecule has 0 bridgehead atoms. The summed E-state index contributed by atoms with van der Waals surface area (Å²) in [6.45, 7) is 0. The third kappa shape index (κ3) is 5.19. The van der Waals surface area contributed by atoms with Crippen LogP contribution >= 0.6 is 0 Å². The van der Waals surface area contributed by atoms with Crippen molar-refractivity contribution in [3.63, 3.8) is 0 Å². The summed E-state index contributed by atoms with van der Waals surface area (Å²) < 4.78 is 0. The highest BCUT2D eigenvalue weighted by atomic mass is 15.0. The second kappa shape index (κ2) is 12.6. The summed E-state index contributed by atoms with van der Waals surface area (Å²) in [6, 6.07) is 59.5. The summed E-state index contributed by atoms with van der Waals surface area (Å²) in [5, 5.41) is 4.39. The third-order valence-corrected chi connectivity index (χ3v) is 13.1. The van der Waals surface area contributed by atoms with Gasteiger partial charge in [-0.25, -0.2) is 24.9 Å². The number of hydrogen-bond donors (Lipinski definition) is 0. The quantitative estimate of drug-likeness (QED) is 0.163. The monoisotopic (exact) mass is 731 g/mol. The molecule has 5 heteroatoms. The molecule has 5 nitrogen and oxygen atoms in total. The Bertz CT molecular complexity index is 3010. The van der Waals surface area contributed by atoms with Crippen LogP contribution in [0.1, 0.15) is 24.8 Å². The van der Waals surface area contributed by atoms with E-state index >= 15 is 0 Å². The Morgan fingerprint density at radius 1 is 0.386 bits per heavy atom. The summed E-state index contributed by atoms with van der Waals surface area (Å²) in [5.74, 6) is 5.44. The maximum Gasteiger partial charge on any atom is 0.164 e. The molecular weight excluding hydrogens is 695 g/mol. The lowest BCUT2D eigenvalue weighted by atomic mass is 9.28. The molecule has 12 rings (SSSR count). The van der Waals surface area contributed by atoms with Crippen molar-refractivity contribution in [2.24, 2.45) is 17.8 Å². The van der Waals surface area contributed by atoms with Crippen LogP contribution in [-0.4, -0.2) is 24.9 Å². The minimum absolute atomic E-state index is 0.394. The van der Waals surface area contributed by atoms with E-state index in [-0.39, 0.29) is 0 Å². The molecule has 270 valence electrons. The standard InChI is InChI=1S/C52H37N5/c1-3-13-33(14-4-1)45-29-46(36-19-9-20-40(28-36)52-30-38-27-39(31-52)47(38)52)54-50(53-45)44-23-11-18-35-26-37(24-25-42(35)44)49-55-48(34-15-5-2-6-16-34)56-51(57-49)43-22-10-17-32-12-7-8-21-41(32)43/h1-26,28-29,38-39,47H,27,30-31H2. The maximum atomic E-state index is 5.33. The molecule has 2 unspecified atom stereocenters. The number of aromatic nitrogens is 5. The molecule has 9 aromatic rings. The molecule has 2 heterocycles. The molecule has 0 spiro atoms. The Hall–Kier alpha value is -6.85. The molecule has 3 aliphatic carbocycles. The van der Waals surface area contributed by atoms with Gasteiger partial charge in [0, 0.05) is 33.4 Å². The van der Waals surface area contributed by atoms with Crippen LogP contribution in [0, 0.1) is 17.8 Å². The fraction of sp³-hybridized carbons (Fsp3) is 0.135. The van der Waals surface area contributed by atoms with Crippen molar-refractivity contribution in [2.75, 3.05) is 0 Å². The van der Waals surface area contributed by atoms with Gasteiger partial charge >= 0.3 is 0 Å². The molecule has 7 aromatic carbocycles.